The zero-order valence-corrected chi connectivity index (χ0v) is 13.5. The summed E-state index contributed by atoms with van der Waals surface area (Å²) in [6.07, 6.45) is 1.18. The molecule has 114 valence electrons. The van der Waals surface area contributed by atoms with E-state index in [1.54, 1.807) is 0 Å². The summed E-state index contributed by atoms with van der Waals surface area (Å²) in [4.78, 5) is 2.53. The third kappa shape index (κ3) is 3.23. The molecule has 0 aliphatic carbocycles. The SMILES string of the molecule is CCCN(Cc1ccccc1)Cc1cc2ccccc2n1C. The van der Waals surface area contributed by atoms with E-state index >= 15 is 0 Å². The second-order valence-corrected chi connectivity index (χ2v) is 5.95. The highest BCUT2D eigenvalue weighted by Gasteiger charge is 2.10. The van der Waals surface area contributed by atoms with E-state index in [0.717, 1.165) is 19.6 Å². The van der Waals surface area contributed by atoms with Gasteiger partial charge in [0, 0.05) is 31.3 Å². The average Bonchev–Trinajstić information content (AvgIpc) is 2.85. The molecule has 3 rings (SSSR count). The number of rotatable bonds is 6. The van der Waals surface area contributed by atoms with Gasteiger partial charge < -0.3 is 4.57 Å². The number of nitrogens with zero attached hydrogens (tertiary/aromatic N) is 2. The van der Waals surface area contributed by atoms with Crippen LogP contribution in [0.5, 0.6) is 0 Å². The van der Waals surface area contributed by atoms with Gasteiger partial charge in [-0.05, 0) is 36.0 Å². The van der Waals surface area contributed by atoms with Gasteiger partial charge in [-0.3, -0.25) is 4.90 Å². The first-order chi connectivity index (χ1) is 10.8. The summed E-state index contributed by atoms with van der Waals surface area (Å²) in [7, 11) is 2.17. The number of aryl methyl sites for hydroxylation is 1. The molecule has 2 nitrogen and oxygen atoms in total. The fraction of sp³-hybridized carbons (Fsp3) is 0.300. The number of hydrogen-bond donors (Lipinski definition) is 0. The van der Waals surface area contributed by atoms with E-state index in [-0.39, 0.29) is 0 Å². The van der Waals surface area contributed by atoms with Gasteiger partial charge in [-0.2, -0.15) is 0 Å². The summed E-state index contributed by atoms with van der Waals surface area (Å²) in [6, 6.07) is 21.7. The minimum absolute atomic E-state index is 0.994. The first-order valence-electron chi connectivity index (χ1n) is 8.07. The van der Waals surface area contributed by atoms with Gasteiger partial charge in [0.25, 0.3) is 0 Å². The Bertz CT molecular complexity index is 728. The first kappa shape index (κ1) is 14.9. The van der Waals surface area contributed by atoms with Crippen LogP contribution in [0.15, 0.2) is 60.7 Å². The van der Waals surface area contributed by atoms with Gasteiger partial charge in [-0.25, -0.2) is 0 Å². The Labute approximate surface area is 133 Å². The van der Waals surface area contributed by atoms with E-state index in [1.807, 2.05) is 0 Å². The standard InChI is InChI=1S/C20H24N2/c1-3-13-22(15-17-9-5-4-6-10-17)16-19-14-18-11-7-8-12-20(18)21(19)2/h4-12,14H,3,13,15-16H2,1-2H3. The maximum Gasteiger partial charge on any atom is 0.0480 e. The Kier molecular flexibility index (Phi) is 4.59. The summed E-state index contributed by atoms with van der Waals surface area (Å²) in [6.45, 7) is 5.38. The molecule has 0 unspecified atom stereocenters. The van der Waals surface area contributed by atoms with Crippen LogP contribution in [-0.4, -0.2) is 16.0 Å². The highest BCUT2D eigenvalue weighted by atomic mass is 15.1. The molecule has 1 heterocycles. The monoisotopic (exact) mass is 292 g/mol. The largest absolute Gasteiger partial charge is 0.346 e. The molecule has 0 atom stereocenters. The van der Waals surface area contributed by atoms with E-state index in [9.17, 15) is 0 Å². The molecule has 0 spiro atoms. The van der Waals surface area contributed by atoms with Gasteiger partial charge >= 0.3 is 0 Å². The molecule has 0 saturated carbocycles. The fourth-order valence-electron chi connectivity index (χ4n) is 3.10. The Hall–Kier alpha value is -2.06. The zero-order chi connectivity index (χ0) is 15.4. The van der Waals surface area contributed by atoms with Crippen LogP contribution < -0.4 is 0 Å². The van der Waals surface area contributed by atoms with Crippen molar-refractivity contribution in [3.05, 3.63) is 71.9 Å². The van der Waals surface area contributed by atoms with Crippen molar-refractivity contribution >= 4 is 10.9 Å². The number of fused-ring (bicyclic) bond motifs is 1. The molecule has 0 N–H and O–H groups in total. The molecule has 1 aromatic heterocycles. The molecule has 0 bridgehead atoms. The molecule has 0 aliphatic heterocycles. The highest BCUT2D eigenvalue weighted by molar-refractivity contribution is 5.81. The van der Waals surface area contributed by atoms with Crippen molar-refractivity contribution in [1.29, 1.82) is 0 Å². The van der Waals surface area contributed by atoms with Gasteiger partial charge in [0.2, 0.25) is 0 Å². The van der Waals surface area contributed by atoms with E-state index in [1.165, 1.54) is 28.6 Å². The third-order valence-electron chi connectivity index (χ3n) is 4.23. The molecular formula is C20H24N2. The molecule has 22 heavy (non-hydrogen) atoms. The number of hydrogen-bond acceptors (Lipinski definition) is 1. The predicted octanol–water partition coefficient (Wildman–Crippen LogP) is 4.59. The molecule has 0 aliphatic rings. The Balaban J connectivity index is 1.81. The van der Waals surface area contributed by atoms with Crippen molar-refractivity contribution in [2.24, 2.45) is 7.05 Å². The van der Waals surface area contributed by atoms with Crippen molar-refractivity contribution in [2.45, 2.75) is 26.4 Å². The zero-order valence-electron chi connectivity index (χ0n) is 13.5. The van der Waals surface area contributed by atoms with Crippen LogP contribution in [0.1, 0.15) is 24.6 Å². The lowest BCUT2D eigenvalue weighted by molar-refractivity contribution is 0.252. The number of benzene rings is 2. The van der Waals surface area contributed by atoms with Crippen LogP contribution in [0.25, 0.3) is 10.9 Å². The van der Waals surface area contributed by atoms with Gasteiger partial charge in [0.1, 0.15) is 0 Å². The Morgan fingerprint density at radius 2 is 1.64 bits per heavy atom. The fourth-order valence-corrected chi connectivity index (χ4v) is 3.10. The second-order valence-electron chi connectivity index (χ2n) is 5.95. The molecule has 0 amide bonds. The minimum atomic E-state index is 0.994. The van der Waals surface area contributed by atoms with Gasteiger partial charge in [0.15, 0.2) is 0 Å². The summed E-state index contributed by atoms with van der Waals surface area (Å²) < 4.78 is 2.32. The van der Waals surface area contributed by atoms with Gasteiger partial charge in [-0.1, -0.05) is 55.5 Å². The molecular weight excluding hydrogens is 268 g/mol. The maximum absolute atomic E-state index is 2.53. The quantitative estimate of drug-likeness (QED) is 0.645. The van der Waals surface area contributed by atoms with Crippen LogP contribution in [0.3, 0.4) is 0 Å². The van der Waals surface area contributed by atoms with E-state index in [4.69, 9.17) is 0 Å². The molecule has 0 radical (unpaired) electrons. The highest BCUT2D eigenvalue weighted by Crippen LogP contribution is 2.20. The van der Waals surface area contributed by atoms with Crippen molar-refractivity contribution in [2.75, 3.05) is 6.54 Å². The lowest BCUT2D eigenvalue weighted by atomic mass is 10.2. The van der Waals surface area contributed by atoms with Crippen LogP contribution in [0, 0.1) is 0 Å². The average molecular weight is 292 g/mol. The van der Waals surface area contributed by atoms with Crippen LogP contribution in [0.4, 0.5) is 0 Å². The van der Waals surface area contributed by atoms with Crippen molar-refractivity contribution in [3.8, 4) is 0 Å². The Morgan fingerprint density at radius 3 is 2.36 bits per heavy atom. The van der Waals surface area contributed by atoms with Crippen molar-refractivity contribution < 1.29 is 0 Å². The maximum atomic E-state index is 2.53. The smallest absolute Gasteiger partial charge is 0.0480 e. The van der Waals surface area contributed by atoms with Gasteiger partial charge in [0.05, 0.1) is 0 Å². The van der Waals surface area contributed by atoms with Crippen LogP contribution in [-0.2, 0) is 20.1 Å². The van der Waals surface area contributed by atoms with E-state index < -0.39 is 0 Å². The molecule has 0 saturated heterocycles. The molecule has 3 aromatic rings. The summed E-state index contributed by atoms with van der Waals surface area (Å²) >= 11 is 0. The summed E-state index contributed by atoms with van der Waals surface area (Å²) in [5.74, 6) is 0. The minimum Gasteiger partial charge on any atom is -0.346 e. The lowest BCUT2D eigenvalue weighted by Gasteiger charge is -2.22. The van der Waals surface area contributed by atoms with Crippen LogP contribution >= 0.6 is 0 Å². The topological polar surface area (TPSA) is 8.17 Å². The normalized spacial score (nSPS) is 11.4. The number of para-hydroxylation sites is 1. The van der Waals surface area contributed by atoms with Gasteiger partial charge in [-0.15, -0.1) is 0 Å². The molecule has 2 aromatic carbocycles. The number of aromatic nitrogens is 1. The molecule has 0 fully saturated rings. The van der Waals surface area contributed by atoms with Crippen LogP contribution in [0.2, 0.25) is 0 Å². The summed E-state index contributed by atoms with van der Waals surface area (Å²) in [5.41, 5.74) is 4.08. The third-order valence-corrected chi connectivity index (χ3v) is 4.23. The van der Waals surface area contributed by atoms with Crippen molar-refractivity contribution in [3.63, 3.8) is 0 Å². The lowest BCUT2D eigenvalue weighted by Crippen LogP contribution is -2.24. The molecule has 2 heteroatoms. The second kappa shape index (κ2) is 6.80. The summed E-state index contributed by atoms with van der Waals surface area (Å²) in [5, 5.41) is 1.33. The Morgan fingerprint density at radius 1 is 0.909 bits per heavy atom. The first-order valence-corrected chi connectivity index (χ1v) is 8.07. The van der Waals surface area contributed by atoms with E-state index in [2.05, 4.69) is 84.1 Å². The van der Waals surface area contributed by atoms with E-state index in [0.29, 0.717) is 0 Å². The van der Waals surface area contributed by atoms with Crippen molar-refractivity contribution in [1.82, 2.24) is 9.47 Å². The predicted molar refractivity (Wildman–Crippen MR) is 93.8 cm³/mol.